The first-order valence-corrected chi connectivity index (χ1v) is 5.57. The average Bonchev–Trinajstić information content (AvgIpc) is 2.63. The molecule has 96 valence electrons. The summed E-state index contributed by atoms with van der Waals surface area (Å²) < 4.78 is 5.10. The minimum Gasteiger partial charge on any atom is -0.467 e. The van der Waals surface area contributed by atoms with Gasteiger partial charge >= 0.3 is 0 Å². The van der Waals surface area contributed by atoms with E-state index in [4.69, 9.17) is 4.42 Å². The lowest BCUT2D eigenvalue weighted by Gasteiger charge is -2.24. The molecular weight excluding hydrogens is 220 g/mol. The molecular formula is C12H20N2O3. The van der Waals surface area contributed by atoms with Gasteiger partial charge in [0.15, 0.2) is 0 Å². The number of amides is 1. The molecule has 0 aliphatic rings. The highest BCUT2D eigenvalue weighted by atomic mass is 16.3. The van der Waals surface area contributed by atoms with Gasteiger partial charge in [0, 0.05) is 6.54 Å². The standard InChI is InChI=1S/C12H20N2O3/c1-12(2,16)9-14(3)8-11(15)13-7-10-5-4-6-17-10/h4-6,16H,7-9H2,1-3H3,(H,13,15). The van der Waals surface area contributed by atoms with Crippen molar-refractivity contribution in [2.45, 2.75) is 26.0 Å². The highest BCUT2D eigenvalue weighted by Crippen LogP contribution is 2.02. The zero-order valence-corrected chi connectivity index (χ0v) is 10.6. The lowest BCUT2D eigenvalue weighted by molar-refractivity contribution is -0.122. The normalized spacial score (nSPS) is 11.8. The van der Waals surface area contributed by atoms with Gasteiger partial charge in [-0.25, -0.2) is 0 Å². The topological polar surface area (TPSA) is 65.7 Å². The summed E-state index contributed by atoms with van der Waals surface area (Å²) in [4.78, 5) is 13.3. The third-order valence-corrected chi connectivity index (χ3v) is 2.11. The van der Waals surface area contributed by atoms with Crippen molar-refractivity contribution in [3.63, 3.8) is 0 Å². The molecule has 0 saturated heterocycles. The minimum absolute atomic E-state index is 0.0897. The third kappa shape index (κ3) is 6.09. The van der Waals surface area contributed by atoms with Crippen LogP contribution < -0.4 is 5.32 Å². The average molecular weight is 240 g/mol. The molecule has 1 heterocycles. The number of nitrogens with one attached hydrogen (secondary N) is 1. The maximum Gasteiger partial charge on any atom is 0.234 e. The third-order valence-electron chi connectivity index (χ3n) is 2.11. The Balaban J connectivity index is 2.25. The SMILES string of the molecule is CN(CC(=O)NCc1ccco1)CC(C)(C)O. The fourth-order valence-electron chi connectivity index (χ4n) is 1.62. The summed E-state index contributed by atoms with van der Waals surface area (Å²) in [5.74, 6) is 0.636. The zero-order chi connectivity index (χ0) is 12.9. The first-order chi connectivity index (χ1) is 7.87. The van der Waals surface area contributed by atoms with Crippen LogP contribution in [0.4, 0.5) is 0 Å². The van der Waals surface area contributed by atoms with Crippen molar-refractivity contribution in [2.24, 2.45) is 0 Å². The molecule has 0 saturated carbocycles. The van der Waals surface area contributed by atoms with E-state index in [0.717, 1.165) is 5.76 Å². The summed E-state index contributed by atoms with van der Waals surface area (Å²) in [7, 11) is 1.80. The Labute approximate surface area is 101 Å². The Kier molecular flexibility index (Phi) is 4.72. The smallest absolute Gasteiger partial charge is 0.234 e. The van der Waals surface area contributed by atoms with Gasteiger partial charge in [-0.2, -0.15) is 0 Å². The second-order valence-electron chi connectivity index (χ2n) is 4.84. The van der Waals surface area contributed by atoms with Gasteiger partial charge in [0.1, 0.15) is 5.76 Å². The molecule has 17 heavy (non-hydrogen) atoms. The van der Waals surface area contributed by atoms with Gasteiger partial charge in [-0.05, 0) is 33.0 Å². The van der Waals surface area contributed by atoms with Crippen molar-refractivity contribution in [2.75, 3.05) is 20.1 Å². The summed E-state index contributed by atoms with van der Waals surface area (Å²) >= 11 is 0. The highest BCUT2D eigenvalue weighted by molar-refractivity contribution is 5.77. The Morgan fingerprint density at radius 3 is 2.82 bits per heavy atom. The second kappa shape index (κ2) is 5.84. The van der Waals surface area contributed by atoms with Crippen molar-refractivity contribution in [3.8, 4) is 0 Å². The fourth-order valence-corrected chi connectivity index (χ4v) is 1.62. The van der Waals surface area contributed by atoms with Crippen LogP contribution >= 0.6 is 0 Å². The van der Waals surface area contributed by atoms with Crippen molar-refractivity contribution in [1.29, 1.82) is 0 Å². The molecule has 1 rings (SSSR count). The number of nitrogens with zero attached hydrogens (tertiary/aromatic N) is 1. The molecule has 0 fully saturated rings. The van der Waals surface area contributed by atoms with Gasteiger partial charge in [-0.1, -0.05) is 0 Å². The van der Waals surface area contributed by atoms with Crippen LogP contribution in [0.2, 0.25) is 0 Å². The number of hydrogen-bond acceptors (Lipinski definition) is 4. The van der Waals surface area contributed by atoms with E-state index in [0.29, 0.717) is 13.1 Å². The summed E-state index contributed by atoms with van der Waals surface area (Å²) in [5.41, 5.74) is -0.796. The van der Waals surface area contributed by atoms with Gasteiger partial charge in [0.05, 0.1) is 25.0 Å². The van der Waals surface area contributed by atoms with Crippen molar-refractivity contribution in [3.05, 3.63) is 24.2 Å². The van der Waals surface area contributed by atoms with Crippen molar-refractivity contribution in [1.82, 2.24) is 10.2 Å². The monoisotopic (exact) mass is 240 g/mol. The summed E-state index contributed by atoms with van der Waals surface area (Å²) in [6.07, 6.45) is 1.57. The first kappa shape index (κ1) is 13.7. The van der Waals surface area contributed by atoms with Crippen LogP contribution in [-0.2, 0) is 11.3 Å². The maximum absolute atomic E-state index is 11.6. The summed E-state index contributed by atoms with van der Waals surface area (Å²) in [5, 5.41) is 12.3. The number of rotatable bonds is 6. The molecule has 0 aliphatic carbocycles. The van der Waals surface area contributed by atoms with E-state index in [2.05, 4.69) is 5.32 Å². The molecule has 1 aromatic heterocycles. The molecule has 5 nitrogen and oxygen atoms in total. The largest absolute Gasteiger partial charge is 0.467 e. The van der Waals surface area contributed by atoms with E-state index in [1.54, 1.807) is 44.2 Å². The lowest BCUT2D eigenvalue weighted by Crippen LogP contribution is -2.41. The predicted molar refractivity (Wildman–Crippen MR) is 64.3 cm³/mol. The number of likely N-dealkylation sites (N-methyl/N-ethyl adjacent to an activating group) is 1. The van der Waals surface area contributed by atoms with E-state index in [-0.39, 0.29) is 12.5 Å². The molecule has 2 N–H and O–H groups in total. The minimum atomic E-state index is -0.796. The van der Waals surface area contributed by atoms with Gasteiger partial charge in [-0.15, -0.1) is 0 Å². The molecule has 1 amide bonds. The molecule has 0 atom stereocenters. The molecule has 5 heteroatoms. The summed E-state index contributed by atoms with van der Waals surface area (Å²) in [6.45, 7) is 4.52. The number of hydrogen-bond donors (Lipinski definition) is 2. The maximum atomic E-state index is 11.6. The Morgan fingerprint density at radius 2 is 2.29 bits per heavy atom. The number of carbonyl (C=O) groups excluding carboxylic acids is 1. The second-order valence-corrected chi connectivity index (χ2v) is 4.84. The van der Waals surface area contributed by atoms with Crippen LogP contribution in [0.25, 0.3) is 0 Å². The van der Waals surface area contributed by atoms with Crippen molar-refractivity contribution >= 4 is 5.91 Å². The number of furan rings is 1. The van der Waals surface area contributed by atoms with E-state index >= 15 is 0 Å². The van der Waals surface area contributed by atoms with Gasteiger partial charge < -0.3 is 14.8 Å². The molecule has 0 unspecified atom stereocenters. The zero-order valence-electron chi connectivity index (χ0n) is 10.6. The van der Waals surface area contributed by atoms with Crippen LogP contribution in [0.3, 0.4) is 0 Å². The Morgan fingerprint density at radius 1 is 1.59 bits per heavy atom. The quantitative estimate of drug-likeness (QED) is 0.764. The van der Waals surface area contributed by atoms with Gasteiger partial charge in [0.25, 0.3) is 0 Å². The molecule has 0 radical (unpaired) electrons. The van der Waals surface area contributed by atoms with Gasteiger partial charge in [0.2, 0.25) is 5.91 Å². The van der Waals surface area contributed by atoms with Crippen LogP contribution in [-0.4, -0.2) is 41.7 Å². The van der Waals surface area contributed by atoms with Crippen LogP contribution in [0, 0.1) is 0 Å². The van der Waals surface area contributed by atoms with Crippen LogP contribution in [0.5, 0.6) is 0 Å². The highest BCUT2D eigenvalue weighted by Gasteiger charge is 2.17. The van der Waals surface area contributed by atoms with Crippen molar-refractivity contribution < 1.29 is 14.3 Å². The number of aliphatic hydroxyl groups is 1. The lowest BCUT2D eigenvalue weighted by atomic mass is 10.1. The van der Waals surface area contributed by atoms with E-state index < -0.39 is 5.60 Å². The number of carbonyl (C=O) groups is 1. The van der Waals surface area contributed by atoms with E-state index in [9.17, 15) is 9.90 Å². The van der Waals surface area contributed by atoms with E-state index in [1.165, 1.54) is 0 Å². The van der Waals surface area contributed by atoms with Gasteiger partial charge in [-0.3, -0.25) is 9.69 Å². The molecule has 0 aliphatic heterocycles. The van der Waals surface area contributed by atoms with E-state index in [1.807, 2.05) is 0 Å². The molecule has 1 aromatic rings. The molecule has 0 spiro atoms. The Bertz CT molecular complexity index is 341. The summed E-state index contributed by atoms with van der Waals surface area (Å²) in [6, 6.07) is 3.59. The Hall–Kier alpha value is -1.33. The van der Waals surface area contributed by atoms with Crippen LogP contribution in [0.15, 0.2) is 22.8 Å². The fraction of sp³-hybridized carbons (Fsp3) is 0.583. The van der Waals surface area contributed by atoms with Crippen LogP contribution in [0.1, 0.15) is 19.6 Å². The first-order valence-electron chi connectivity index (χ1n) is 5.57. The predicted octanol–water partition coefficient (Wildman–Crippen LogP) is 0.598. The molecule has 0 aromatic carbocycles. The molecule has 0 bridgehead atoms.